The molecule has 1 aromatic carbocycles. The van der Waals surface area contributed by atoms with Crippen LogP contribution in [0.25, 0.3) is 10.9 Å². The Labute approximate surface area is 122 Å². The van der Waals surface area contributed by atoms with Crippen LogP contribution >= 0.6 is 0 Å². The van der Waals surface area contributed by atoms with Crippen molar-refractivity contribution in [1.29, 1.82) is 0 Å². The molecular formula is C15H19N3O3. The summed E-state index contributed by atoms with van der Waals surface area (Å²) in [6, 6.07) is 7.27. The molecule has 0 unspecified atom stereocenters. The Bertz CT molecular complexity index is 650. The molecule has 2 N–H and O–H groups in total. The molecule has 112 valence electrons. The van der Waals surface area contributed by atoms with Crippen molar-refractivity contribution in [2.24, 2.45) is 0 Å². The Balaban J connectivity index is 1.50. The molecule has 0 bridgehead atoms. The van der Waals surface area contributed by atoms with Crippen LogP contribution in [0.15, 0.2) is 29.1 Å². The average Bonchev–Trinajstić information content (AvgIpc) is 3.00. The van der Waals surface area contributed by atoms with E-state index in [0.717, 1.165) is 19.4 Å². The van der Waals surface area contributed by atoms with Crippen molar-refractivity contribution in [1.82, 2.24) is 9.97 Å². The van der Waals surface area contributed by atoms with Gasteiger partial charge in [-0.05, 0) is 25.0 Å². The Morgan fingerprint density at radius 3 is 3.19 bits per heavy atom. The molecule has 1 aliphatic heterocycles. The lowest BCUT2D eigenvalue weighted by Crippen LogP contribution is -2.19. The van der Waals surface area contributed by atoms with E-state index in [1.54, 1.807) is 6.07 Å². The van der Waals surface area contributed by atoms with Crippen molar-refractivity contribution < 1.29 is 9.47 Å². The number of ether oxygens (including phenoxy) is 2. The van der Waals surface area contributed by atoms with Gasteiger partial charge in [-0.1, -0.05) is 12.1 Å². The van der Waals surface area contributed by atoms with Crippen LogP contribution in [0.2, 0.25) is 0 Å². The van der Waals surface area contributed by atoms with Crippen molar-refractivity contribution in [3.8, 4) is 0 Å². The summed E-state index contributed by atoms with van der Waals surface area (Å²) < 4.78 is 11.0. The molecule has 6 heteroatoms. The van der Waals surface area contributed by atoms with Crippen LogP contribution in [0.4, 0.5) is 5.95 Å². The zero-order valence-corrected chi connectivity index (χ0v) is 11.8. The minimum absolute atomic E-state index is 0.136. The lowest BCUT2D eigenvalue weighted by Gasteiger charge is -2.10. The molecular weight excluding hydrogens is 270 g/mol. The van der Waals surface area contributed by atoms with E-state index in [0.29, 0.717) is 36.6 Å². The highest BCUT2D eigenvalue weighted by Crippen LogP contribution is 2.11. The lowest BCUT2D eigenvalue weighted by molar-refractivity contribution is 0.0206. The van der Waals surface area contributed by atoms with E-state index >= 15 is 0 Å². The third-order valence-corrected chi connectivity index (χ3v) is 3.48. The Kier molecular flexibility index (Phi) is 4.47. The molecule has 1 aliphatic rings. The van der Waals surface area contributed by atoms with Crippen LogP contribution in [-0.4, -0.2) is 42.4 Å². The van der Waals surface area contributed by atoms with Gasteiger partial charge in [0.1, 0.15) is 0 Å². The molecule has 0 spiro atoms. The molecule has 1 aromatic heterocycles. The first-order valence-corrected chi connectivity index (χ1v) is 7.25. The largest absolute Gasteiger partial charge is 0.377 e. The molecule has 0 saturated carbocycles. The molecule has 0 aliphatic carbocycles. The number of rotatable bonds is 6. The predicted octanol–water partition coefficient (Wildman–Crippen LogP) is 1.53. The molecule has 3 rings (SSSR count). The summed E-state index contributed by atoms with van der Waals surface area (Å²) in [4.78, 5) is 19.0. The number of fused-ring (bicyclic) bond motifs is 1. The fourth-order valence-corrected chi connectivity index (χ4v) is 2.40. The van der Waals surface area contributed by atoms with Crippen LogP contribution in [0.3, 0.4) is 0 Å². The smallest absolute Gasteiger partial charge is 0.260 e. The molecule has 1 fully saturated rings. The molecule has 6 nitrogen and oxygen atoms in total. The van der Waals surface area contributed by atoms with E-state index in [9.17, 15) is 4.79 Å². The monoisotopic (exact) mass is 289 g/mol. The lowest BCUT2D eigenvalue weighted by atomic mass is 10.2. The van der Waals surface area contributed by atoms with Crippen LogP contribution in [0.5, 0.6) is 0 Å². The fourth-order valence-electron chi connectivity index (χ4n) is 2.40. The minimum Gasteiger partial charge on any atom is -0.377 e. The predicted molar refractivity (Wildman–Crippen MR) is 80.6 cm³/mol. The molecule has 0 amide bonds. The van der Waals surface area contributed by atoms with Gasteiger partial charge in [0.2, 0.25) is 5.95 Å². The zero-order chi connectivity index (χ0) is 14.5. The first kappa shape index (κ1) is 14.0. The SMILES string of the molecule is O=c1[nH]c(NCCOC[C@H]2CCCO2)nc2ccccc12. The number of nitrogens with one attached hydrogen (secondary N) is 2. The maximum Gasteiger partial charge on any atom is 0.260 e. The molecule has 2 heterocycles. The summed E-state index contributed by atoms with van der Waals surface area (Å²) in [5.41, 5.74) is 0.549. The van der Waals surface area contributed by atoms with E-state index in [1.807, 2.05) is 18.2 Å². The highest BCUT2D eigenvalue weighted by atomic mass is 16.5. The van der Waals surface area contributed by atoms with Gasteiger partial charge in [-0.25, -0.2) is 4.98 Å². The molecule has 0 radical (unpaired) electrons. The minimum atomic E-state index is -0.136. The maximum atomic E-state index is 11.9. The van der Waals surface area contributed by atoms with Gasteiger partial charge in [0.15, 0.2) is 0 Å². The normalized spacial score (nSPS) is 18.2. The number of para-hydroxylation sites is 1. The third-order valence-electron chi connectivity index (χ3n) is 3.48. The maximum absolute atomic E-state index is 11.9. The second-order valence-corrected chi connectivity index (χ2v) is 5.07. The molecule has 21 heavy (non-hydrogen) atoms. The van der Waals surface area contributed by atoms with E-state index in [2.05, 4.69) is 15.3 Å². The van der Waals surface area contributed by atoms with Gasteiger partial charge in [-0.2, -0.15) is 0 Å². The highest BCUT2D eigenvalue weighted by molar-refractivity contribution is 5.78. The van der Waals surface area contributed by atoms with Crippen molar-refractivity contribution in [2.75, 3.05) is 31.7 Å². The van der Waals surface area contributed by atoms with Crippen LogP contribution < -0.4 is 10.9 Å². The quantitative estimate of drug-likeness (QED) is 0.789. The van der Waals surface area contributed by atoms with E-state index < -0.39 is 0 Å². The van der Waals surface area contributed by atoms with Gasteiger partial charge in [0, 0.05) is 13.2 Å². The summed E-state index contributed by atoms with van der Waals surface area (Å²) in [6.07, 6.45) is 2.44. The summed E-state index contributed by atoms with van der Waals surface area (Å²) >= 11 is 0. The number of aromatic nitrogens is 2. The highest BCUT2D eigenvalue weighted by Gasteiger charge is 2.14. The van der Waals surface area contributed by atoms with Crippen molar-refractivity contribution in [3.05, 3.63) is 34.6 Å². The number of benzene rings is 1. The number of nitrogens with zero attached hydrogens (tertiary/aromatic N) is 1. The topological polar surface area (TPSA) is 76.2 Å². The molecule has 1 atom stereocenters. The van der Waals surface area contributed by atoms with Gasteiger partial charge in [0.25, 0.3) is 5.56 Å². The van der Waals surface area contributed by atoms with E-state index in [1.165, 1.54) is 0 Å². The summed E-state index contributed by atoms with van der Waals surface area (Å²) in [5.74, 6) is 0.472. The van der Waals surface area contributed by atoms with E-state index in [-0.39, 0.29) is 11.7 Å². The van der Waals surface area contributed by atoms with Gasteiger partial charge in [-0.15, -0.1) is 0 Å². The van der Waals surface area contributed by atoms with Gasteiger partial charge >= 0.3 is 0 Å². The summed E-state index contributed by atoms with van der Waals surface area (Å²) in [7, 11) is 0. The number of H-pyrrole nitrogens is 1. The van der Waals surface area contributed by atoms with Gasteiger partial charge < -0.3 is 14.8 Å². The zero-order valence-electron chi connectivity index (χ0n) is 11.8. The number of anilines is 1. The summed E-state index contributed by atoms with van der Waals surface area (Å²) in [6.45, 7) is 2.61. The number of hydrogen-bond donors (Lipinski definition) is 2. The second-order valence-electron chi connectivity index (χ2n) is 5.07. The average molecular weight is 289 g/mol. The fraction of sp³-hybridized carbons (Fsp3) is 0.467. The van der Waals surface area contributed by atoms with Crippen molar-refractivity contribution >= 4 is 16.9 Å². The van der Waals surface area contributed by atoms with E-state index in [4.69, 9.17) is 9.47 Å². The standard InChI is InChI=1S/C15H19N3O3/c19-14-12-5-1-2-6-13(12)17-15(18-14)16-7-9-20-10-11-4-3-8-21-11/h1-2,5-6,11H,3-4,7-10H2,(H2,16,17,18,19)/t11-/m1/s1. The van der Waals surface area contributed by atoms with Crippen LogP contribution in [-0.2, 0) is 9.47 Å². The van der Waals surface area contributed by atoms with Gasteiger partial charge in [-0.3, -0.25) is 9.78 Å². The number of hydrogen-bond acceptors (Lipinski definition) is 5. The first-order chi connectivity index (χ1) is 10.3. The van der Waals surface area contributed by atoms with Crippen LogP contribution in [0, 0.1) is 0 Å². The Hall–Kier alpha value is -1.92. The van der Waals surface area contributed by atoms with Crippen LogP contribution in [0.1, 0.15) is 12.8 Å². The third kappa shape index (κ3) is 3.59. The molecule has 2 aromatic rings. The van der Waals surface area contributed by atoms with Gasteiger partial charge in [0.05, 0.1) is 30.2 Å². The number of aromatic amines is 1. The Morgan fingerprint density at radius 2 is 2.33 bits per heavy atom. The Morgan fingerprint density at radius 1 is 1.43 bits per heavy atom. The first-order valence-electron chi connectivity index (χ1n) is 7.25. The van der Waals surface area contributed by atoms with Crippen molar-refractivity contribution in [2.45, 2.75) is 18.9 Å². The van der Waals surface area contributed by atoms with Crippen molar-refractivity contribution in [3.63, 3.8) is 0 Å². The summed E-state index contributed by atoms with van der Waals surface area (Å²) in [5, 5.41) is 3.67. The molecule has 1 saturated heterocycles. The second kappa shape index (κ2) is 6.69.